The van der Waals surface area contributed by atoms with Crippen LogP contribution >= 0.6 is 0 Å². The lowest BCUT2D eigenvalue weighted by atomic mass is 10.0. The van der Waals surface area contributed by atoms with Crippen LogP contribution in [0, 0.1) is 0 Å². The lowest BCUT2D eigenvalue weighted by molar-refractivity contribution is -0.949. The summed E-state index contributed by atoms with van der Waals surface area (Å²) < 4.78 is 13.0. The van der Waals surface area contributed by atoms with Crippen LogP contribution in [0.1, 0.15) is 19.3 Å². The third-order valence-electron chi connectivity index (χ3n) is 2.82. The van der Waals surface area contributed by atoms with Gasteiger partial charge in [-0.2, -0.15) is 4.39 Å². The minimum atomic E-state index is -0.342. The smallest absolute Gasteiger partial charge is 0.222 e. The Bertz CT molecular complexity index is 136. The third-order valence-corrected chi connectivity index (χ3v) is 2.82. The minimum absolute atomic E-state index is 0. The first-order valence-corrected chi connectivity index (χ1v) is 4.24. The molecule has 12 heavy (non-hydrogen) atoms. The Hall–Kier alpha value is 0.580. The summed E-state index contributed by atoms with van der Waals surface area (Å²) in [5, 5.41) is 8.98. The Labute approximate surface area is 90.4 Å². The zero-order valence-electron chi connectivity index (χ0n) is 7.47. The van der Waals surface area contributed by atoms with E-state index in [-0.39, 0.29) is 43.4 Å². The fourth-order valence-corrected chi connectivity index (χ4v) is 1.79. The molecule has 1 fully saturated rings. The zero-order chi connectivity index (χ0) is 8.32. The van der Waals surface area contributed by atoms with E-state index in [1.807, 2.05) is 7.05 Å². The molecule has 0 saturated carbocycles. The molecule has 74 valence electrons. The maximum absolute atomic E-state index is 12.6. The molecular weight excluding hydrogens is 272 g/mol. The van der Waals surface area contributed by atoms with Crippen LogP contribution in [0.3, 0.4) is 0 Å². The van der Waals surface area contributed by atoms with E-state index in [0.29, 0.717) is 4.48 Å². The molecule has 2 atom stereocenters. The number of quaternary nitrogens is 1. The molecule has 2 nitrogen and oxygen atoms in total. The Morgan fingerprint density at radius 2 is 2.17 bits per heavy atom. The number of hydrogen-bond acceptors (Lipinski definition) is 1. The van der Waals surface area contributed by atoms with E-state index in [1.54, 1.807) is 0 Å². The predicted octanol–water partition coefficient (Wildman–Crippen LogP) is -2.09. The molecule has 1 aliphatic rings. The van der Waals surface area contributed by atoms with Crippen molar-refractivity contribution in [3.05, 3.63) is 0 Å². The number of likely N-dealkylation sites (tertiary alicyclic amines) is 1. The van der Waals surface area contributed by atoms with Crippen molar-refractivity contribution in [2.75, 3.05) is 27.0 Å². The predicted molar refractivity (Wildman–Crippen MR) is 41.8 cm³/mol. The second-order valence-corrected chi connectivity index (χ2v) is 3.65. The molecule has 0 spiro atoms. The SMILES string of the molecule is C[N+]1(CF)CCCC[C@@H]1CO.[I-]. The number of aliphatic hydroxyl groups is 1. The molecule has 1 aliphatic heterocycles. The molecule has 1 rings (SSSR count). The maximum atomic E-state index is 12.6. The van der Waals surface area contributed by atoms with Gasteiger partial charge in [0.15, 0.2) is 0 Å². The summed E-state index contributed by atoms with van der Waals surface area (Å²) in [4.78, 5) is 0. The summed E-state index contributed by atoms with van der Waals surface area (Å²) in [5.74, 6) is 0. The molecule has 0 radical (unpaired) electrons. The Kier molecular flexibility index (Phi) is 5.60. The quantitative estimate of drug-likeness (QED) is 0.351. The third kappa shape index (κ3) is 2.53. The van der Waals surface area contributed by atoms with Gasteiger partial charge in [-0.25, -0.2) is 0 Å². The molecule has 1 N–H and O–H groups in total. The van der Waals surface area contributed by atoms with Gasteiger partial charge in [0.25, 0.3) is 0 Å². The number of nitrogens with zero attached hydrogens (tertiary/aromatic N) is 1. The number of hydrogen-bond donors (Lipinski definition) is 1. The highest BCUT2D eigenvalue weighted by Crippen LogP contribution is 2.23. The molecule has 0 aliphatic carbocycles. The van der Waals surface area contributed by atoms with Crippen molar-refractivity contribution in [2.24, 2.45) is 0 Å². The first-order chi connectivity index (χ1) is 5.23. The number of aliphatic hydroxyl groups excluding tert-OH is 1. The van der Waals surface area contributed by atoms with E-state index in [0.717, 1.165) is 25.8 Å². The topological polar surface area (TPSA) is 20.2 Å². The van der Waals surface area contributed by atoms with Gasteiger partial charge in [0, 0.05) is 6.42 Å². The van der Waals surface area contributed by atoms with Crippen LogP contribution in [0.25, 0.3) is 0 Å². The van der Waals surface area contributed by atoms with Crippen molar-refractivity contribution in [3.8, 4) is 0 Å². The van der Waals surface area contributed by atoms with Crippen molar-refractivity contribution in [1.29, 1.82) is 0 Å². The van der Waals surface area contributed by atoms with Crippen LogP contribution in [0.15, 0.2) is 0 Å². The second-order valence-electron chi connectivity index (χ2n) is 3.65. The van der Waals surface area contributed by atoms with E-state index < -0.39 is 0 Å². The molecule has 0 aromatic rings. The van der Waals surface area contributed by atoms with E-state index in [1.165, 1.54) is 0 Å². The highest BCUT2D eigenvalue weighted by molar-refractivity contribution is 4.62. The fourth-order valence-electron chi connectivity index (χ4n) is 1.79. The number of halogens is 2. The van der Waals surface area contributed by atoms with Crippen molar-refractivity contribution in [3.63, 3.8) is 0 Å². The molecule has 1 heterocycles. The van der Waals surface area contributed by atoms with Gasteiger partial charge in [-0.05, 0) is 12.8 Å². The fraction of sp³-hybridized carbons (Fsp3) is 1.00. The molecule has 0 bridgehead atoms. The monoisotopic (exact) mass is 289 g/mol. The largest absolute Gasteiger partial charge is 1.00 e. The van der Waals surface area contributed by atoms with Crippen molar-refractivity contribution in [2.45, 2.75) is 25.3 Å². The summed E-state index contributed by atoms with van der Waals surface area (Å²) in [7, 11) is 1.89. The second kappa shape index (κ2) is 5.34. The Balaban J connectivity index is 0.00000121. The first kappa shape index (κ1) is 12.6. The summed E-state index contributed by atoms with van der Waals surface area (Å²) in [6.45, 7) is 0.660. The van der Waals surface area contributed by atoms with E-state index >= 15 is 0 Å². The van der Waals surface area contributed by atoms with Crippen molar-refractivity contribution >= 4 is 0 Å². The highest BCUT2D eigenvalue weighted by Gasteiger charge is 2.34. The van der Waals surface area contributed by atoms with Crippen LogP contribution in [0.2, 0.25) is 0 Å². The van der Waals surface area contributed by atoms with Crippen LogP contribution in [-0.2, 0) is 0 Å². The van der Waals surface area contributed by atoms with Gasteiger partial charge >= 0.3 is 0 Å². The molecule has 0 amide bonds. The lowest BCUT2D eigenvalue weighted by Gasteiger charge is -2.41. The molecular formula is C8H17FINO. The molecule has 0 aromatic heterocycles. The first-order valence-electron chi connectivity index (χ1n) is 4.24. The van der Waals surface area contributed by atoms with E-state index in [9.17, 15) is 4.39 Å². The van der Waals surface area contributed by atoms with Gasteiger partial charge in [-0.3, -0.25) is 4.48 Å². The van der Waals surface area contributed by atoms with Gasteiger partial charge in [-0.15, -0.1) is 0 Å². The number of likely N-dealkylation sites (N-methyl/N-ethyl adjacent to an activating group) is 1. The highest BCUT2D eigenvalue weighted by atomic mass is 127. The van der Waals surface area contributed by atoms with Gasteiger partial charge in [-0.1, -0.05) is 0 Å². The minimum Gasteiger partial charge on any atom is -1.00 e. The molecule has 1 saturated heterocycles. The number of rotatable bonds is 2. The summed E-state index contributed by atoms with van der Waals surface area (Å²) in [5.41, 5.74) is 0. The van der Waals surface area contributed by atoms with Gasteiger partial charge < -0.3 is 29.1 Å². The van der Waals surface area contributed by atoms with Crippen LogP contribution < -0.4 is 24.0 Å². The summed E-state index contributed by atoms with van der Waals surface area (Å²) in [6, 6.07) is 0.133. The zero-order valence-corrected chi connectivity index (χ0v) is 9.63. The molecule has 0 aromatic carbocycles. The van der Waals surface area contributed by atoms with E-state index in [4.69, 9.17) is 5.11 Å². The average Bonchev–Trinajstić information content (AvgIpc) is 2.05. The molecule has 1 unspecified atom stereocenters. The van der Waals surface area contributed by atoms with Crippen LogP contribution in [0.4, 0.5) is 4.39 Å². The number of alkyl halides is 1. The summed E-state index contributed by atoms with van der Waals surface area (Å²) >= 11 is 0. The van der Waals surface area contributed by atoms with Crippen molar-refractivity contribution in [1.82, 2.24) is 0 Å². The number of piperidine rings is 1. The Morgan fingerprint density at radius 1 is 1.50 bits per heavy atom. The standard InChI is InChI=1S/C8H17FNO.HI/c1-10(7-9)5-3-2-4-8(10)6-11;/h8,11H,2-7H2,1H3;1H/q+1;/p-1/t8-,10?;/m1./s1. The van der Waals surface area contributed by atoms with Crippen LogP contribution in [0.5, 0.6) is 0 Å². The average molecular weight is 289 g/mol. The van der Waals surface area contributed by atoms with E-state index in [2.05, 4.69) is 0 Å². The Morgan fingerprint density at radius 3 is 2.58 bits per heavy atom. The van der Waals surface area contributed by atoms with Gasteiger partial charge in [0.05, 0.1) is 20.2 Å². The maximum Gasteiger partial charge on any atom is 0.222 e. The van der Waals surface area contributed by atoms with Gasteiger partial charge in [0.2, 0.25) is 6.80 Å². The lowest BCUT2D eigenvalue weighted by Crippen LogP contribution is -3.00. The van der Waals surface area contributed by atoms with Gasteiger partial charge in [0.1, 0.15) is 6.04 Å². The normalized spacial score (nSPS) is 35.8. The van der Waals surface area contributed by atoms with Crippen molar-refractivity contribution < 1.29 is 38.0 Å². The molecule has 4 heteroatoms. The van der Waals surface area contributed by atoms with Crippen LogP contribution in [-0.4, -0.2) is 42.6 Å². The summed E-state index contributed by atoms with van der Waals surface area (Å²) in [6.07, 6.45) is 3.20.